The van der Waals surface area contributed by atoms with Gasteiger partial charge in [0, 0.05) is 17.7 Å². The molecule has 0 saturated heterocycles. The molecule has 0 aliphatic carbocycles. The summed E-state index contributed by atoms with van der Waals surface area (Å²) in [7, 11) is -5.69. The summed E-state index contributed by atoms with van der Waals surface area (Å²) >= 11 is 16.6. The van der Waals surface area contributed by atoms with Crippen LogP contribution in [0.2, 0.25) is 0 Å². The summed E-state index contributed by atoms with van der Waals surface area (Å²) in [6.45, 7) is 8.88. The molecule has 0 unspecified atom stereocenters. The first kappa shape index (κ1) is 95.4. The second kappa shape index (κ2) is 42.7. The van der Waals surface area contributed by atoms with Gasteiger partial charge in [0.2, 0.25) is 0 Å². The van der Waals surface area contributed by atoms with E-state index in [4.69, 9.17) is 26.9 Å². The Morgan fingerprint density at radius 3 is 0.486 bits per heavy atom. The molecule has 0 N–H and O–H groups in total. The Morgan fingerprint density at radius 1 is 0.183 bits per heavy atom. The quantitative estimate of drug-likeness (QED) is 0.0368. The van der Waals surface area contributed by atoms with E-state index in [2.05, 4.69) is 485 Å². The summed E-state index contributed by atoms with van der Waals surface area (Å²) in [5.41, 5.74) is 0. The first-order valence-electron chi connectivity index (χ1n) is 48.9. The summed E-state index contributed by atoms with van der Waals surface area (Å²) in [4.78, 5) is 0. The van der Waals surface area contributed by atoms with E-state index in [-0.39, 0.29) is 18.9 Å². The maximum atomic E-state index is 6.49. The predicted octanol–water partition coefficient (Wildman–Crippen LogP) is 28.3. The van der Waals surface area contributed by atoms with Crippen molar-refractivity contribution in [1.82, 2.24) is 0 Å². The number of fused-ring (bicyclic) bond motifs is 30. The molecule has 0 aliphatic heterocycles. The van der Waals surface area contributed by atoms with Gasteiger partial charge in [-0.2, -0.15) is 6.42 Å². The minimum absolute atomic E-state index is 0. The van der Waals surface area contributed by atoms with Crippen LogP contribution in [0.5, 0.6) is 0 Å². The first-order valence-corrected chi connectivity index (χ1v) is 57.8. The molecule has 0 amide bonds. The van der Waals surface area contributed by atoms with E-state index < -0.39 is 22.8 Å². The Kier molecular flexibility index (Phi) is 28.7. The summed E-state index contributed by atoms with van der Waals surface area (Å²) in [5, 5.41) is 52.4. The van der Waals surface area contributed by atoms with Crippen LogP contribution in [0.1, 0.15) is 33.6 Å². The van der Waals surface area contributed by atoms with Gasteiger partial charge in [0.15, 0.2) is 16.1 Å². The molecule has 0 radical (unpaired) electrons. The second-order valence-corrected chi connectivity index (χ2v) is 50.9. The van der Waals surface area contributed by atoms with Crippen LogP contribution in [0, 0.1) is 6.92 Å². The van der Waals surface area contributed by atoms with Gasteiger partial charge in [0.1, 0.15) is 0 Å². The molecular formula is C134H104BrCl2LiOSi3. The van der Waals surface area contributed by atoms with E-state index in [0.717, 1.165) is 34.5 Å². The molecule has 26 rings (SSSR count). The fraction of sp³-hybridized carbons (Fsp3) is 0.0522. The Morgan fingerprint density at radius 2 is 0.324 bits per heavy atom. The fourth-order valence-corrected chi connectivity index (χ4v) is 34.8. The van der Waals surface area contributed by atoms with E-state index in [0.29, 0.717) is 0 Å². The summed E-state index contributed by atoms with van der Waals surface area (Å²) < 4.78 is 5.96. The number of benzene rings is 26. The van der Waals surface area contributed by atoms with E-state index in [1.807, 2.05) is 74.5 Å². The number of ether oxygens (including phenoxy) is 1. The first-order chi connectivity index (χ1) is 69.5. The van der Waals surface area contributed by atoms with E-state index in [1.165, 1.54) is 210 Å². The van der Waals surface area contributed by atoms with Crippen LogP contribution in [0.15, 0.2) is 520 Å². The van der Waals surface area contributed by atoms with Crippen LogP contribution in [0.4, 0.5) is 0 Å². The van der Waals surface area contributed by atoms with Gasteiger partial charge in [0.25, 0.3) is 0 Å². The average molecular weight is 1970 g/mol. The molecule has 680 valence electrons. The third-order valence-corrected chi connectivity index (χ3v) is 43.0. The molecule has 1 nitrogen and oxygen atoms in total. The molecule has 0 saturated carbocycles. The Labute approximate surface area is 864 Å². The molecule has 0 bridgehead atoms. The van der Waals surface area contributed by atoms with Crippen molar-refractivity contribution < 1.29 is 23.6 Å². The maximum Gasteiger partial charge on any atom is 1.00 e. The smallest absolute Gasteiger partial charge is 0.382 e. The number of rotatable bonds is 13. The number of hydrogen-bond donors (Lipinski definition) is 0. The molecule has 0 aromatic heterocycles. The zero-order valence-corrected chi connectivity index (χ0v) is 86.3. The van der Waals surface area contributed by atoms with Crippen molar-refractivity contribution in [2.45, 2.75) is 33.6 Å². The van der Waals surface area contributed by atoms with Crippen molar-refractivity contribution >= 4 is 274 Å². The average Bonchev–Trinajstić information content (AvgIpc) is 0.711. The molecular weight excluding hydrogens is 1870 g/mol. The SMILES string of the molecule is Brc1ccc2c3ccccc3c3ccccc3c2c1.CCOCC.Cl[Si](Cl)(c1ccccc1)c1ccccc1.[CH2-]CCC.[Li+].c1ccc([Si](c2ccccc2)(c2ccc3c4ccccc4c4ccccc4c3c2)c2ccc3c4ccccc4c4ccccc4c3c2)cc1.c1ccc([Si](c2ccccc2)(c2ccc3c4ccccc4c4ccccc4c3c2)c2ccc3c4ccccc4c4ccccc4c3c2)cc1. The Bertz CT molecular complexity index is 8050. The summed E-state index contributed by atoms with van der Waals surface area (Å²) in [6, 6.07) is 189. The molecule has 0 atom stereocenters. The predicted molar refractivity (Wildman–Crippen MR) is 629 cm³/mol. The van der Waals surface area contributed by atoms with Crippen molar-refractivity contribution in [2.75, 3.05) is 13.2 Å². The zero-order chi connectivity index (χ0) is 95.8. The third-order valence-electron chi connectivity index (χ3n) is 28.3. The van der Waals surface area contributed by atoms with E-state index >= 15 is 0 Å². The Hall–Kier alpha value is -14.1. The number of halogens is 3. The van der Waals surface area contributed by atoms with Crippen LogP contribution < -0.4 is 70.7 Å². The molecule has 0 aliphatic rings. The van der Waals surface area contributed by atoms with Gasteiger partial charge in [-0.15, -0.1) is 22.2 Å². The van der Waals surface area contributed by atoms with Crippen LogP contribution in [0.25, 0.3) is 162 Å². The monoisotopic (exact) mass is 1970 g/mol. The van der Waals surface area contributed by atoms with Crippen LogP contribution in [0.3, 0.4) is 0 Å². The summed E-state index contributed by atoms with van der Waals surface area (Å²) in [6.07, 6.45) is 2.28. The van der Waals surface area contributed by atoms with Gasteiger partial charge in [-0.1, -0.05) is 533 Å². The molecule has 8 heteroatoms. The van der Waals surface area contributed by atoms with Gasteiger partial charge < -0.3 is 11.7 Å². The van der Waals surface area contributed by atoms with Crippen molar-refractivity contribution in [2.24, 2.45) is 0 Å². The van der Waals surface area contributed by atoms with Gasteiger partial charge in [-0.25, -0.2) is 0 Å². The van der Waals surface area contributed by atoms with Gasteiger partial charge in [0.05, 0.1) is 0 Å². The van der Waals surface area contributed by atoms with Gasteiger partial charge in [-0.3, -0.25) is 0 Å². The molecule has 0 fully saturated rings. The fourth-order valence-electron chi connectivity index (χ4n) is 21.9. The topological polar surface area (TPSA) is 9.23 Å². The Balaban J connectivity index is 0.000000123. The van der Waals surface area contributed by atoms with Crippen LogP contribution in [-0.4, -0.2) is 36.1 Å². The standard InChI is InChI=1S/2C48H32Si.C18H11Br.C12H10Cl2Si.C4H10O.C4H9.Li/c2*1-3-15-33(16-4-1)49(34-17-5-2-6-18-34,35-27-29-45-41-23-9-7-19-37(41)39-21-11-13-25-43(39)47(45)31-35)36-28-30-46-42-24-10-8-20-38(42)40-22-12-14-26-44(40)48(46)32-36;19-12-9-10-17-15-7-2-1-5-13(15)14-6-3-4-8-16(14)18(17)11-12;13-15(14,11-7-3-1-4-8-11)12-9-5-2-6-10-12;1-3-5-4-2;1-3-4-2;/h2*1-32H;1-11H;1-10H;3-4H2,1-2H3;1,3-4H2,2H3;/q;;;;;-1;+1. The van der Waals surface area contributed by atoms with Crippen LogP contribution >= 0.6 is 38.1 Å². The molecule has 0 spiro atoms. The van der Waals surface area contributed by atoms with Gasteiger partial charge in [-0.05, 0) is 239 Å². The second-order valence-electron chi connectivity index (χ2n) is 36.1. The third kappa shape index (κ3) is 17.8. The minimum Gasteiger partial charge on any atom is -0.382 e. The van der Waals surface area contributed by atoms with Gasteiger partial charge >= 0.3 is 25.6 Å². The van der Waals surface area contributed by atoms with E-state index in [1.54, 1.807) is 0 Å². The van der Waals surface area contributed by atoms with Crippen molar-refractivity contribution in [1.29, 1.82) is 0 Å². The normalized spacial score (nSPS) is 11.6. The molecule has 26 aromatic carbocycles. The van der Waals surface area contributed by atoms with E-state index in [9.17, 15) is 0 Å². The molecule has 26 aromatic rings. The van der Waals surface area contributed by atoms with Crippen molar-refractivity contribution in [3.8, 4) is 0 Å². The minimum atomic E-state index is -2.84. The summed E-state index contributed by atoms with van der Waals surface area (Å²) in [5.74, 6) is 0. The zero-order valence-electron chi connectivity index (χ0n) is 80.2. The molecule has 0 heterocycles. The number of hydrogen-bond acceptors (Lipinski definition) is 1. The van der Waals surface area contributed by atoms with Crippen LogP contribution in [-0.2, 0) is 4.74 Å². The maximum absolute atomic E-state index is 6.49. The van der Waals surface area contributed by atoms with Crippen molar-refractivity contribution in [3.63, 3.8) is 0 Å². The largest absolute Gasteiger partial charge is 1.00 e. The van der Waals surface area contributed by atoms with Crippen molar-refractivity contribution in [3.05, 3.63) is 527 Å². The molecule has 142 heavy (non-hydrogen) atoms. The number of unbranched alkanes of at least 4 members (excludes halogenated alkanes) is 1.